The van der Waals surface area contributed by atoms with Gasteiger partial charge in [-0.1, -0.05) is 20.8 Å². The molecule has 2 atom stereocenters. The summed E-state index contributed by atoms with van der Waals surface area (Å²) in [6.07, 6.45) is 3.79. The molecule has 1 aliphatic rings. The molecule has 2 unspecified atom stereocenters. The first-order valence-corrected chi connectivity index (χ1v) is 9.09. The standard InChI is InChI=1S/C17H32N6O.HI/c1-5-16-22-20-12-23(16)8-7-18-17(21-14(4)13(2)3)19-10-15-6-9-24-11-15;/h12-15H,5-11H2,1-4H3,(H2,18,19,21);1H. The Morgan fingerprint density at radius 2 is 2.24 bits per heavy atom. The van der Waals surface area contributed by atoms with Gasteiger partial charge in [0, 0.05) is 44.6 Å². The number of halogens is 1. The largest absolute Gasteiger partial charge is 0.381 e. The average molecular weight is 464 g/mol. The molecular weight excluding hydrogens is 431 g/mol. The van der Waals surface area contributed by atoms with Crippen LogP contribution >= 0.6 is 24.0 Å². The molecule has 1 aromatic rings. The van der Waals surface area contributed by atoms with E-state index in [4.69, 9.17) is 9.73 Å². The first-order chi connectivity index (χ1) is 11.6. The number of rotatable bonds is 8. The lowest BCUT2D eigenvalue weighted by molar-refractivity contribution is 0.187. The van der Waals surface area contributed by atoms with E-state index < -0.39 is 0 Å². The van der Waals surface area contributed by atoms with Gasteiger partial charge in [0.15, 0.2) is 5.96 Å². The Morgan fingerprint density at radius 3 is 2.88 bits per heavy atom. The van der Waals surface area contributed by atoms with Gasteiger partial charge in [-0.2, -0.15) is 0 Å². The van der Waals surface area contributed by atoms with E-state index in [1.54, 1.807) is 6.33 Å². The minimum Gasteiger partial charge on any atom is -0.381 e. The second-order valence-corrected chi connectivity index (χ2v) is 6.82. The lowest BCUT2D eigenvalue weighted by atomic mass is 10.1. The summed E-state index contributed by atoms with van der Waals surface area (Å²) >= 11 is 0. The number of hydrogen-bond donors (Lipinski definition) is 2. The Labute approximate surface area is 168 Å². The molecule has 144 valence electrons. The fraction of sp³-hybridized carbons (Fsp3) is 0.824. The molecule has 0 saturated carbocycles. The fourth-order valence-corrected chi connectivity index (χ4v) is 2.52. The molecule has 1 saturated heterocycles. The molecule has 2 rings (SSSR count). The third kappa shape index (κ3) is 7.47. The molecule has 1 aromatic heterocycles. The maximum absolute atomic E-state index is 5.44. The van der Waals surface area contributed by atoms with E-state index in [0.29, 0.717) is 17.9 Å². The van der Waals surface area contributed by atoms with Crippen LogP contribution in [0.3, 0.4) is 0 Å². The number of ether oxygens (including phenoxy) is 1. The summed E-state index contributed by atoms with van der Waals surface area (Å²) in [6.45, 7) is 12.8. The normalized spacial score (nSPS) is 18.9. The quantitative estimate of drug-likeness (QED) is 0.350. The van der Waals surface area contributed by atoms with Crippen molar-refractivity contribution in [1.29, 1.82) is 0 Å². The molecule has 0 spiro atoms. The minimum absolute atomic E-state index is 0. The Kier molecular flexibility index (Phi) is 10.3. The topological polar surface area (TPSA) is 76.4 Å². The Morgan fingerprint density at radius 1 is 1.44 bits per heavy atom. The van der Waals surface area contributed by atoms with Crippen LogP contribution in [0.1, 0.15) is 39.9 Å². The van der Waals surface area contributed by atoms with E-state index in [0.717, 1.165) is 57.5 Å². The van der Waals surface area contributed by atoms with Gasteiger partial charge in [0.2, 0.25) is 0 Å². The predicted octanol–water partition coefficient (Wildman–Crippen LogP) is 2.07. The van der Waals surface area contributed by atoms with Crippen molar-refractivity contribution in [2.45, 2.75) is 53.1 Å². The van der Waals surface area contributed by atoms with Crippen LogP contribution in [-0.4, -0.2) is 53.1 Å². The lowest BCUT2D eigenvalue weighted by Gasteiger charge is -2.21. The molecular formula is C17H33IN6O. The maximum atomic E-state index is 5.44. The van der Waals surface area contributed by atoms with Crippen LogP contribution in [0.5, 0.6) is 0 Å². The highest BCUT2D eigenvalue weighted by atomic mass is 127. The van der Waals surface area contributed by atoms with Crippen molar-refractivity contribution in [2.75, 3.05) is 26.3 Å². The first-order valence-electron chi connectivity index (χ1n) is 9.09. The summed E-state index contributed by atoms with van der Waals surface area (Å²) in [5.74, 6) is 3.00. The highest BCUT2D eigenvalue weighted by Crippen LogP contribution is 2.12. The van der Waals surface area contributed by atoms with Gasteiger partial charge in [0.05, 0.1) is 6.61 Å². The zero-order valence-electron chi connectivity index (χ0n) is 15.9. The van der Waals surface area contributed by atoms with Crippen molar-refractivity contribution in [3.8, 4) is 0 Å². The van der Waals surface area contributed by atoms with Crippen molar-refractivity contribution in [3.63, 3.8) is 0 Å². The summed E-state index contributed by atoms with van der Waals surface area (Å²) < 4.78 is 7.52. The Hall–Kier alpha value is -0.900. The summed E-state index contributed by atoms with van der Waals surface area (Å²) in [7, 11) is 0. The third-order valence-corrected chi connectivity index (χ3v) is 4.55. The van der Waals surface area contributed by atoms with E-state index in [-0.39, 0.29) is 24.0 Å². The van der Waals surface area contributed by atoms with Crippen molar-refractivity contribution in [1.82, 2.24) is 25.4 Å². The van der Waals surface area contributed by atoms with Gasteiger partial charge in [-0.15, -0.1) is 34.2 Å². The maximum Gasteiger partial charge on any atom is 0.191 e. The summed E-state index contributed by atoms with van der Waals surface area (Å²) in [5, 5.41) is 15.0. The Bertz CT molecular complexity index is 513. The first kappa shape index (κ1) is 22.1. The highest BCUT2D eigenvalue weighted by Gasteiger charge is 2.16. The number of aryl methyl sites for hydroxylation is 1. The van der Waals surface area contributed by atoms with Crippen LogP contribution in [0.15, 0.2) is 11.3 Å². The van der Waals surface area contributed by atoms with Gasteiger partial charge in [-0.3, -0.25) is 4.99 Å². The molecule has 7 nitrogen and oxygen atoms in total. The lowest BCUT2D eigenvalue weighted by Crippen LogP contribution is -2.45. The van der Waals surface area contributed by atoms with Crippen LogP contribution in [0.2, 0.25) is 0 Å². The second kappa shape index (κ2) is 11.7. The van der Waals surface area contributed by atoms with E-state index >= 15 is 0 Å². The van der Waals surface area contributed by atoms with Crippen molar-refractivity contribution < 1.29 is 4.74 Å². The Balaban J connectivity index is 0.00000312. The molecule has 0 radical (unpaired) electrons. The van der Waals surface area contributed by atoms with Gasteiger partial charge in [0.25, 0.3) is 0 Å². The molecule has 0 aromatic carbocycles. The predicted molar refractivity (Wildman–Crippen MR) is 111 cm³/mol. The summed E-state index contributed by atoms with van der Waals surface area (Å²) in [5.41, 5.74) is 0. The van der Waals surface area contributed by atoms with Crippen molar-refractivity contribution >= 4 is 29.9 Å². The molecule has 0 amide bonds. The van der Waals surface area contributed by atoms with E-state index in [2.05, 4.69) is 53.1 Å². The van der Waals surface area contributed by atoms with Crippen LogP contribution in [-0.2, 0) is 17.7 Å². The molecule has 0 bridgehead atoms. The number of aromatic nitrogens is 3. The van der Waals surface area contributed by atoms with Gasteiger partial charge in [0.1, 0.15) is 12.2 Å². The molecule has 0 aliphatic carbocycles. The number of guanidine groups is 1. The van der Waals surface area contributed by atoms with Gasteiger partial charge >= 0.3 is 0 Å². The van der Waals surface area contributed by atoms with Crippen LogP contribution in [0.4, 0.5) is 0 Å². The van der Waals surface area contributed by atoms with Crippen LogP contribution in [0.25, 0.3) is 0 Å². The monoisotopic (exact) mass is 464 g/mol. The van der Waals surface area contributed by atoms with Crippen LogP contribution < -0.4 is 10.6 Å². The fourth-order valence-electron chi connectivity index (χ4n) is 2.52. The second-order valence-electron chi connectivity index (χ2n) is 6.82. The van der Waals surface area contributed by atoms with Gasteiger partial charge < -0.3 is 19.9 Å². The minimum atomic E-state index is 0. The number of hydrogen-bond acceptors (Lipinski definition) is 4. The molecule has 1 fully saturated rings. The van der Waals surface area contributed by atoms with E-state index in [1.165, 1.54) is 0 Å². The van der Waals surface area contributed by atoms with Crippen molar-refractivity contribution in [2.24, 2.45) is 16.8 Å². The van der Waals surface area contributed by atoms with E-state index in [1.807, 2.05) is 0 Å². The molecule has 1 aliphatic heterocycles. The van der Waals surface area contributed by atoms with E-state index in [9.17, 15) is 0 Å². The molecule has 25 heavy (non-hydrogen) atoms. The van der Waals surface area contributed by atoms with Crippen molar-refractivity contribution in [3.05, 3.63) is 12.2 Å². The zero-order valence-corrected chi connectivity index (χ0v) is 18.2. The molecule has 8 heteroatoms. The van der Waals surface area contributed by atoms with Crippen LogP contribution in [0, 0.1) is 11.8 Å². The SMILES string of the molecule is CCc1nncn1CCNC(=NCC1CCOC1)NC(C)C(C)C.I. The number of nitrogens with one attached hydrogen (secondary N) is 2. The summed E-state index contributed by atoms with van der Waals surface area (Å²) in [4.78, 5) is 4.76. The number of nitrogens with zero attached hydrogens (tertiary/aromatic N) is 4. The van der Waals surface area contributed by atoms with Gasteiger partial charge in [-0.25, -0.2) is 0 Å². The zero-order chi connectivity index (χ0) is 17.4. The summed E-state index contributed by atoms with van der Waals surface area (Å²) in [6, 6.07) is 0.372. The third-order valence-electron chi connectivity index (χ3n) is 4.55. The smallest absolute Gasteiger partial charge is 0.191 e. The number of aliphatic imine (C=N–C) groups is 1. The van der Waals surface area contributed by atoms with Gasteiger partial charge in [-0.05, 0) is 19.3 Å². The highest BCUT2D eigenvalue weighted by molar-refractivity contribution is 14.0. The molecule has 2 N–H and O–H groups in total. The molecule has 2 heterocycles. The average Bonchev–Trinajstić information content (AvgIpc) is 3.23.